The summed E-state index contributed by atoms with van der Waals surface area (Å²) in [6.07, 6.45) is 0. The summed E-state index contributed by atoms with van der Waals surface area (Å²) < 4.78 is 0. The van der Waals surface area contributed by atoms with Crippen molar-refractivity contribution in [3.8, 4) is 0 Å². The molecule has 18 heavy (non-hydrogen) atoms. The van der Waals surface area contributed by atoms with Crippen LogP contribution < -0.4 is 5.32 Å². The Hall–Kier alpha value is -1.20. The predicted octanol–water partition coefficient (Wildman–Crippen LogP) is 1.37. The fourth-order valence-electron chi connectivity index (χ4n) is 2.22. The van der Waals surface area contributed by atoms with Gasteiger partial charge in [-0.25, -0.2) is 0 Å². The molecule has 0 bridgehead atoms. The molecule has 0 saturated carbocycles. The highest BCUT2D eigenvalue weighted by Gasteiger charge is 2.27. The number of thiophene rings is 1. The van der Waals surface area contributed by atoms with Crippen molar-refractivity contribution in [2.45, 2.75) is 26.8 Å². The average molecular weight is 266 g/mol. The molecular formula is C13H18N2O2S. The zero-order valence-electron chi connectivity index (χ0n) is 10.9. The SMILES string of the molecule is Cc1cc(C(=O)CN2CCNC(=O)C2C)c(C)s1. The van der Waals surface area contributed by atoms with E-state index in [9.17, 15) is 9.59 Å². The van der Waals surface area contributed by atoms with E-state index in [0.717, 1.165) is 21.9 Å². The zero-order chi connectivity index (χ0) is 13.3. The molecular weight excluding hydrogens is 248 g/mol. The number of hydrogen-bond donors (Lipinski definition) is 1. The van der Waals surface area contributed by atoms with E-state index in [2.05, 4.69) is 5.32 Å². The van der Waals surface area contributed by atoms with Crippen LogP contribution in [0.4, 0.5) is 0 Å². The second-order valence-corrected chi connectivity index (χ2v) is 6.15. The predicted molar refractivity (Wildman–Crippen MR) is 72.2 cm³/mol. The Kier molecular flexibility index (Phi) is 3.82. The van der Waals surface area contributed by atoms with Crippen molar-refractivity contribution in [2.75, 3.05) is 19.6 Å². The van der Waals surface area contributed by atoms with E-state index in [1.165, 1.54) is 0 Å². The molecule has 98 valence electrons. The summed E-state index contributed by atoms with van der Waals surface area (Å²) in [4.78, 5) is 27.9. The van der Waals surface area contributed by atoms with Crippen LogP contribution in [0.3, 0.4) is 0 Å². The molecule has 0 aliphatic carbocycles. The van der Waals surface area contributed by atoms with Gasteiger partial charge in [0.2, 0.25) is 5.91 Å². The molecule has 2 heterocycles. The molecule has 1 atom stereocenters. The molecule has 1 aliphatic rings. The first-order valence-corrected chi connectivity index (χ1v) is 6.92. The van der Waals surface area contributed by atoms with Gasteiger partial charge in [-0.3, -0.25) is 14.5 Å². The largest absolute Gasteiger partial charge is 0.353 e. The Morgan fingerprint density at radius 2 is 2.28 bits per heavy atom. The van der Waals surface area contributed by atoms with E-state index in [4.69, 9.17) is 0 Å². The number of aryl methyl sites for hydroxylation is 2. The average Bonchev–Trinajstić information content (AvgIpc) is 2.64. The Bertz CT molecular complexity index is 481. The van der Waals surface area contributed by atoms with Crippen LogP contribution in [0.5, 0.6) is 0 Å². The lowest BCUT2D eigenvalue weighted by Gasteiger charge is -2.32. The van der Waals surface area contributed by atoms with Crippen LogP contribution in [0.25, 0.3) is 0 Å². The minimum atomic E-state index is -0.220. The monoisotopic (exact) mass is 266 g/mol. The van der Waals surface area contributed by atoms with Gasteiger partial charge in [-0.05, 0) is 26.8 Å². The summed E-state index contributed by atoms with van der Waals surface area (Å²) in [5, 5.41) is 2.80. The molecule has 0 spiro atoms. The standard InChI is InChI=1S/C13H18N2O2S/c1-8-6-11(10(3)18-8)12(16)7-15-5-4-14-13(17)9(15)2/h6,9H,4-5,7H2,1-3H3,(H,14,17). The van der Waals surface area contributed by atoms with E-state index < -0.39 is 0 Å². The summed E-state index contributed by atoms with van der Waals surface area (Å²) >= 11 is 1.64. The Morgan fingerprint density at radius 3 is 2.89 bits per heavy atom. The number of ketones is 1. The molecule has 5 heteroatoms. The van der Waals surface area contributed by atoms with E-state index in [1.807, 2.05) is 31.7 Å². The molecule has 0 aromatic carbocycles. The summed E-state index contributed by atoms with van der Waals surface area (Å²) in [5.41, 5.74) is 0.802. The van der Waals surface area contributed by atoms with Crippen LogP contribution in [-0.4, -0.2) is 42.3 Å². The van der Waals surface area contributed by atoms with E-state index >= 15 is 0 Å². The van der Waals surface area contributed by atoms with E-state index in [1.54, 1.807) is 11.3 Å². The van der Waals surface area contributed by atoms with Crippen molar-refractivity contribution in [3.05, 3.63) is 21.4 Å². The highest BCUT2D eigenvalue weighted by molar-refractivity contribution is 7.12. The summed E-state index contributed by atoms with van der Waals surface area (Å²) in [5.74, 6) is 0.116. The number of nitrogens with zero attached hydrogens (tertiary/aromatic N) is 1. The Labute approximate surface area is 111 Å². The number of Topliss-reactive ketones (excluding diaryl/α,β-unsaturated/α-hetero) is 1. The summed E-state index contributed by atoms with van der Waals surface area (Å²) in [6.45, 7) is 7.50. The lowest BCUT2D eigenvalue weighted by atomic mass is 10.1. The maximum absolute atomic E-state index is 12.2. The zero-order valence-corrected chi connectivity index (χ0v) is 11.8. The van der Waals surface area contributed by atoms with Crippen molar-refractivity contribution in [1.82, 2.24) is 10.2 Å². The molecule has 1 amide bonds. The normalized spacial score (nSPS) is 20.8. The highest BCUT2D eigenvalue weighted by Crippen LogP contribution is 2.21. The van der Waals surface area contributed by atoms with Gasteiger partial charge in [-0.15, -0.1) is 11.3 Å². The molecule has 1 unspecified atom stereocenters. The number of piperazine rings is 1. The van der Waals surface area contributed by atoms with Crippen molar-refractivity contribution in [3.63, 3.8) is 0 Å². The Morgan fingerprint density at radius 1 is 1.56 bits per heavy atom. The quantitative estimate of drug-likeness (QED) is 0.841. The van der Waals surface area contributed by atoms with Crippen LogP contribution in [0.15, 0.2) is 6.07 Å². The molecule has 0 radical (unpaired) electrons. The van der Waals surface area contributed by atoms with Gasteiger partial charge in [-0.1, -0.05) is 0 Å². The van der Waals surface area contributed by atoms with Gasteiger partial charge in [0.1, 0.15) is 0 Å². The third-order valence-corrected chi connectivity index (χ3v) is 4.28. The number of nitrogens with one attached hydrogen (secondary N) is 1. The van der Waals surface area contributed by atoms with Crippen molar-refractivity contribution >= 4 is 23.0 Å². The molecule has 2 rings (SSSR count). The second kappa shape index (κ2) is 5.20. The smallest absolute Gasteiger partial charge is 0.237 e. The second-order valence-electron chi connectivity index (χ2n) is 4.69. The van der Waals surface area contributed by atoms with Gasteiger partial charge in [0.15, 0.2) is 5.78 Å². The number of hydrogen-bond acceptors (Lipinski definition) is 4. The van der Waals surface area contributed by atoms with Crippen LogP contribution >= 0.6 is 11.3 Å². The lowest BCUT2D eigenvalue weighted by molar-refractivity contribution is -0.127. The Balaban J connectivity index is 2.07. The number of rotatable bonds is 3. The first-order chi connectivity index (χ1) is 8.49. The number of amides is 1. The molecule has 1 saturated heterocycles. The molecule has 1 N–H and O–H groups in total. The van der Waals surface area contributed by atoms with Gasteiger partial charge < -0.3 is 5.32 Å². The van der Waals surface area contributed by atoms with E-state index in [0.29, 0.717) is 13.1 Å². The van der Waals surface area contributed by atoms with Gasteiger partial charge in [0, 0.05) is 28.4 Å². The van der Waals surface area contributed by atoms with E-state index in [-0.39, 0.29) is 17.7 Å². The van der Waals surface area contributed by atoms with Gasteiger partial charge >= 0.3 is 0 Å². The third-order valence-electron chi connectivity index (χ3n) is 3.31. The summed E-state index contributed by atoms with van der Waals surface area (Å²) in [6, 6.07) is 1.72. The summed E-state index contributed by atoms with van der Waals surface area (Å²) in [7, 11) is 0. The third kappa shape index (κ3) is 2.62. The van der Waals surface area contributed by atoms with Gasteiger partial charge in [-0.2, -0.15) is 0 Å². The first kappa shape index (κ1) is 13.2. The number of carbonyl (C=O) groups excluding carboxylic acids is 2. The maximum atomic E-state index is 12.2. The van der Waals surface area contributed by atoms with Crippen molar-refractivity contribution < 1.29 is 9.59 Å². The molecule has 1 aliphatic heterocycles. The van der Waals surface area contributed by atoms with Gasteiger partial charge in [0.05, 0.1) is 12.6 Å². The highest BCUT2D eigenvalue weighted by atomic mass is 32.1. The fraction of sp³-hybridized carbons (Fsp3) is 0.538. The maximum Gasteiger partial charge on any atom is 0.237 e. The molecule has 1 aromatic heterocycles. The first-order valence-electron chi connectivity index (χ1n) is 6.11. The topological polar surface area (TPSA) is 49.4 Å². The van der Waals surface area contributed by atoms with Crippen LogP contribution in [0, 0.1) is 13.8 Å². The van der Waals surface area contributed by atoms with Crippen LogP contribution in [-0.2, 0) is 4.79 Å². The minimum Gasteiger partial charge on any atom is -0.353 e. The minimum absolute atomic E-state index is 0.00673. The molecule has 1 fully saturated rings. The van der Waals surface area contributed by atoms with Crippen LogP contribution in [0.2, 0.25) is 0 Å². The molecule has 4 nitrogen and oxygen atoms in total. The van der Waals surface area contributed by atoms with Crippen LogP contribution in [0.1, 0.15) is 27.0 Å². The number of carbonyl (C=O) groups is 2. The lowest BCUT2D eigenvalue weighted by Crippen LogP contribution is -2.55. The van der Waals surface area contributed by atoms with Gasteiger partial charge in [0.25, 0.3) is 0 Å². The van der Waals surface area contributed by atoms with Crippen molar-refractivity contribution in [1.29, 1.82) is 0 Å². The molecule has 1 aromatic rings. The fourth-order valence-corrected chi connectivity index (χ4v) is 3.17. The van der Waals surface area contributed by atoms with Crippen molar-refractivity contribution in [2.24, 2.45) is 0 Å².